The molecule has 0 atom stereocenters. The van der Waals surface area contributed by atoms with E-state index in [1.165, 1.54) is 17.8 Å². The van der Waals surface area contributed by atoms with E-state index in [0.717, 1.165) is 10.5 Å². The number of imidazole rings is 1. The highest BCUT2D eigenvalue weighted by Crippen LogP contribution is 2.39. The molecule has 6 nitrogen and oxygen atoms in total. The number of hydrogen-bond donors (Lipinski definition) is 1. The highest BCUT2D eigenvalue weighted by Gasteiger charge is 2.16. The van der Waals surface area contributed by atoms with E-state index in [2.05, 4.69) is 10.3 Å². The molecule has 27 heavy (non-hydrogen) atoms. The molecule has 0 aliphatic carbocycles. The molecule has 0 unspecified atom stereocenters. The van der Waals surface area contributed by atoms with Crippen LogP contribution in [0.5, 0.6) is 11.5 Å². The van der Waals surface area contributed by atoms with Gasteiger partial charge in [-0.1, -0.05) is 17.7 Å². The number of rotatable bonds is 4. The summed E-state index contributed by atoms with van der Waals surface area (Å²) in [5.41, 5.74) is 2.04. The summed E-state index contributed by atoms with van der Waals surface area (Å²) in [6.45, 7) is 1.01. The van der Waals surface area contributed by atoms with Gasteiger partial charge in [0.1, 0.15) is 18.9 Å². The third kappa shape index (κ3) is 3.61. The molecule has 3 aromatic rings. The lowest BCUT2D eigenvalue weighted by Gasteiger charge is -2.20. The van der Waals surface area contributed by atoms with Crippen molar-refractivity contribution in [3.63, 3.8) is 0 Å². The van der Waals surface area contributed by atoms with E-state index in [0.29, 0.717) is 41.2 Å². The molecule has 1 aliphatic rings. The van der Waals surface area contributed by atoms with Crippen LogP contribution in [0.3, 0.4) is 0 Å². The first-order chi connectivity index (χ1) is 13.2. The number of anilines is 1. The van der Waals surface area contributed by atoms with Crippen molar-refractivity contribution in [1.29, 1.82) is 0 Å². The number of pyridine rings is 1. The molecular formula is C19H16ClN3O3S. The van der Waals surface area contributed by atoms with E-state index >= 15 is 0 Å². The van der Waals surface area contributed by atoms with Crippen LogP contribution in [0.15, 0.2) is 47.5 Å². The van der Waals surface area contributed by atoms with Gasteiger partial charge in [0, 0.05) is 23.2 Å². The van der Waals surface area contributed by atoms with Crippen molar-refractivity contribution in [2.45, 2.75) is 4.90 Å². The van der Waals surface area contributed by atoms with Crippen LogP contribution in [0, 0.1) is 0 Å². The lowest BCUT2D eigenvalue weighted by Crippen LogP contribution is -2.16. The van der Waals surface area contributed by atoms with E-state index < -0.39 is 0 Å². The number of carbonyl (C=O) groups is 1. The van der Waals surface area contributed by atoms with Crippen molar-refractivity contribution in [3.05, 3.63) is 53.5 Å². The van der Waals surface area contributed by atoms with Crippen LogP contribution in [-0.4, -0.2) is 34.8 Å². The molecule has 8 heteroatoms. The maximum atomic E-state index is 12.4. The third-order valence-electron chi connectivity index (χ3n) is 4.04. The minimum absolute atomic E-state index is 0.274. The lowest BCUT2D eigenvalue weighted by atomic mass is 10.2. The maximum absolute atomic E-state index is 12.4. The Morgan fingerprint density at radius 3 is 2.85 bits per heavy atom. The van der Waals surface area contributed by atoms with E-state index in [-0.39, 0.29) is 5.91 Å². The van der Waals surface area contributed by atoms with Crippen molar-refractivity contribution in [2.24, 2.45) is 0 Å². The fraction of sp³-hybridized carbons (Fsp3) is 0.158. The fourth-order valence-electron chi connectivity index (χ4n) is 2.80. The number of nitrogens with one attached hydrogen (secondary N) is 1. The summed E-state index contributed by atoms with van der Waals surface area (Å²) in [7, 11) is 0. The van der Waals surface area contributed by atoms with Crippen molar-refractivity contribution < 1.29 is 14.3 Å². The second-order valence-corrected chi connectivity index (χ2v) is 6.94. The number of halogens is 1. The van der Waals surface area contributed by atoms with Crippen LogP contribution in [0.4, 0.5) is 5.69 Å². The van der Waals surface area contributed by atoms with Gasteiger partial charge in [0.25, 0.3) is 0 Å². The minimum Gasteiger partial charge on any atom is -0.486 e. The third-order valence-corrected chi connectivity index (χ3v) is 5.09. The summed E-state index contributed by atoms with van der Waals surface area (Å²) in [6, 6.07) is 9.27. The zero-order valence-corrected chi connectivity index (χ0v) is 16.0. The van der Waals surface area contributed by atoms with Gasteiger partial charge in [-0.2, -0.15) is 0 Å². The predicted molar refractivity (Wildman–Crippen MR) is 107 cm³/mol. The number of carbonyl (C=O) groups excluding carboxylic acids is 1. The Hall–Kier alpha value is -2.64. The van der Waals surface area contributed by atoms with Gasteiger partial charge in [0.15, 0.2) is 16.7 Å². The molecule has 1 amide bonds. The summed E-state index contributed by atoms with van der Waals surface area (Å²) in [6.07, 6.45) is 6.87. The molecule has 0 spiro atoms. The fourth-order valence-corrected chi connectivity index (χ4v) is 3.60. The highest BCUT2D eigenvalue weighted by molar-refractivity contribution is 7.98. The van der Waals surface area contributed by atoms with Gasteiger partial charge in [0.2, 0.25) is 5.91 Å². The molecule has 1 aromatic carbocycles. The lowest BCUT2D eigenvalue weighted by molar-refractivity contribution is -0.111. The van der Waals surface area contributed by atoms with Crippen LogP contribution < -0.4 is 14.8 Å². The van der Waals surface area contributed by atoms with E-state index in [9.17, 15) is 4.79 Å². The topological polar surface area (TPSA) is 64.9 Å². The van der Waals surface area contributed by atoms with Crippen LogP contribution in [0.1, 0.15) is 5.69 Å². The smallest absolute Gasteiger partial charge is 0.248 e. The summed E-state index contributed by atoms with van der Waals surface area (Å²) >= 11 is 7.71. The number of aromatic nitrogens is 2. The van der Waals surface area contributed by atoms with Gasteiger partial charge in [-0.15, -0.1) is 11.8 Å². The normalized spacial score (nSPS) is 13.3. The second kappa shape index (κ2) is 7.54. The zero-order chi connectivity index (χ0) is 18.8. The Morgan fingerprint density at radius 1 is 1.30 bits per heavy atom. The van der Waals surface area contributed by atoms with Crippen molar-refractivity contribution in [3.8, 4) is 11.5 Å². The Kier molecular flexibility index (Phi) is 4.96. The summed E-state index contributed by atoms with van der Waals surface area (Å²) in [4.78, 5) is 17.6. The Labute approximate surface area is 165 Å². The molecule has 2 aromatic heterocycles. The van der Waals surface area contributed by atoms with Gasteiger partial charge >= 0.3 is 0 Å². The number of nitrogens with zero attached hydrogens (tertiary/aromatic N) is 2. The molecular weight excluding hydrogens is 386 g/mol. The molecule has 3 heterocycles. The van der Waals surface area contributed by atoms with Gasteiger partial charge in [-0.25, -0.2) is 4.98 Å². The summed E-state index contributed by atoms with van der Waals surface area (Å²) in [5.74, 6) is 1.05. The Bertz CT molecular complexity index is 1050. The van der Waals surface area contributed by atoms with E-state index in [4.69, 9.17) is 21.1 Å². The highest BCUT2D eigenvalue weighted by atomic mass is 35.5. The quantitative estimate of drug-likeness (QED) is 0.526. The first kappa shape index (κ1) is 17.8. The number of benzene rings is 1. The summed E-state index contributed by atoms with van der Waals surface area (Å²) < 4.78 is 13.0. The molecule has 1 aliphatic heterocycles. The van der Waals surface area contributed by atoms with Gasteiger partial charge < -0.3 is 14.8 Å². The molecule has 0 fully saturated rings. The minimum atomic E-state index is -0.274. The maximum Gasteiger partial charge on any atom is 0.248 e. The molecule has 0 bridgehead atoms. The number of fused-ring (bicyclic) bond motifs is 2. The first-order valence-electron chi connectivity index (χ1n) is 8.25. The largest absolute Gasteiger partial charge is 0.486 e. The van der Waals surface area contributed by atoms with E-state index in [1.807, 2.05) is 41.1 Å². The molecule has 0 radical (unpaired) electrons. The Morgan fingerprint density at radius 2 is 2.07 bits per heavy atom. The van der Waals surface area contributed by atoms with Crippen LogP contribution in [0.2, 0.25) is 5.15 Å². The monoisotopic (exact) mass is 401 g/mol. The number of thioether (sulfide) groups is 1. The summed E-state index contributed by atoms with van der Waals surface area (Å²) in [5, 5.41) is 3.23. The van der Waals surface area contributed by atoms with Crippen LogP contribution >= 0.6 is 23.4 Å². The number of amides is 1. The predicted octanol–water partition coefficient (Wildman–Crippen LogP) is 4.13. The molecule has 1 N–H and O–H groups in total. The molecule has 0 saturated heterocycles. The number of ether oxygens (including phenoxy) is 2. The average molecular weight is 402 g/mol. The molecule has 4 rings (SSSR count). The van der Waals surface area contributed by atoms with Gasteiger partial charge in [-0.3, -0.25) is 9.20 Å². The second-order valence-electron chi connectivity index (χ2n) is 5.74. The van der Waals surface area contributed by atoms with Crippen molar-refractivity contribution >= 4 is 46.7 Å². The standard InChI is InChI=1S/C19H16ClN3O3S/c1-27-16-11-15-14(25-8-9-26-15)10-12(16)21-18(24)6-5-13-19(20)22-17-4-2-3-7-23(13)17/h2-7,10-11H,8-9H2,1H3,(H,21,24)/b6-5+. The average Bonchev–Trinajstić information content (AvgIpc) is 3.00. The number of hydrogen-bond acceptors (Lipinski definition) is 5. The van der Waals surface area contributed by atoms with Crippen LogP contribution in [0.25, 0.3) is 11.7 Å². The molecule has 138 valence electrons. The van der Waals surface area contributed by atoms with Crippen molar-refractivity contribution in [1.82, 2.24) is 9.38 Å². The van der Waals surface area contributed by atoms with Gasteiger partial charge in [-0.05, 0) is 30.5 Å². The van der Waals surface area contributed by atoms with E-state index in [1.54, 1.807) is 12.1 Å². The zero-order valence-electron chi connectivity index (χ0n) is 14.4. The SMILES string of the molecule is CSc1cc2c(cc1NC(=O)/C=C/c1c(Cl)nc3ccccn13)OCCO2. The van der Waals surface area contributed by atoms with Crippen LogP contribution in [-0.2, 0) is 4.79 Å². The first-order valence-corrected chi connectivity index (χ1v) is 9.85. The van der Waals surface area contributed by atoms with Gasteiger partial charge in [0.05, 0.1) is 11.4 Å². The van der Waals surface area contributed by atoms with Crippen molar-refractivity contribution in [2.75, 3.05) is 24.8 Å². The Balaban J connectivity index is 1.57. The molecule has 0 saturated carbocycles.